The maximum absolute atomic E-state index is 10.9. The van der Waals surface area contributed by atoms with E-state index >= 15 is 0 Å². The van der Waals surface area contributed by atoms with Crippen LogP contribution in [0, 0.1) is 12.8 Å². The summed E-state index contributed by atoms with van der Waals surface area (Å²) in [6, 6.07) is 6.23. The molecule has 0 spiro atoms. The third-order valence-corrected chi connectivity index (χ3v) is 3.72. The summed E-state index contributed by atoms with van der Waals surface area (Å²) in [5.74, 6) is 2.22. The van der Waals surface area contributed by atoms with Crippen LogP contribution in [-0.4, -0.2) is 38.1 Å². The van der Waals surface area contributed by atoms with Gasteiger partial charge in [-0.3, -0.25) is 4.79 Å². The zero-order valence-electron chi connectivity index (χ0n) is 17.2. The fourth-order valence-electron chi connectivity index (χ4n) is 2.26. The van der Waals surface area contributed by atoms with Gasteiger partial charge in [-0.25, -0.2) is 4.99 Å². The Kier molecular flexibility index (Phi) is 13.7. The molecule has 0 aliphatic rings. The van der Waals surface area contributed by atoms with Crippen LogP contribution in [-0.2, 0) is 11.3 Å². The van der Waals surface area contributed by atoms with E-state index in [1.807, 2.05) is 6.92 Å². The minimum atomic E-state index is -0.0309. The Morgan fingerprint density at radius 1 is 1.19 bits per heavy atom. The zero-order valence-corrected chi connectivity index (χ0v) is 19.6. The second-order valence-electron chi connectivity index (χ2n) is 6.75. The molecule has 7 heteroatoms. The highest BCUT2D eigenvalue weighted by Gasteiger charge is 2.06. The Labute approximate surface area is 181 Å². The number of halogens is 1. The molecule has 0 saturated heterocycles. The summed E-state index contributed by atoms with van der Waals surface area (Å²) in [5.41, 5.74) is 2.25. The second-order valence-corrected chi connectivity index (χ2v) is 6.75. The number of rotatable bonds is 10. The summed E-state index contributed by atoms with van der Waals surface area (Å²) in [6.45, 7) is 13.2. The number of aliphatic imine (C=N–C) groups is 1. The van der Waals surface area contributed by atoms with E-state index in [1.54, 1.807) is 0 Å². The maximum Gasteiger partial charge on any atom is 0.216 e. The monoisotopic (exact) mass is 490 g/mol. The standard InChI is InChI=1S/C20H34N4O2.HI/c1-6-21-20(23-11-10-22-17(5)25)24-14-18-8-7-16(4)13-19(18)26-12-9-15(2)3;/h7-8,13,15H,6,9-12,14H2,1-5H3,(H,22,25)(H2,21,23,24);1H. The zero-order chi connectivity index (χ0) is 19.4. The van der Waals surface area contributed by atoms with Gasteiger partial charge in [-0.1, -0.05) is 26.0 Å². The highest BCUT2D eigenvalue weighted by atomic mass is 127. The van der Waals surface area contributed by atoms with Gasteiger partial charge in [-0.05, 0) is 37.8 Å². The molecule has 1 aromatic carbocycles. The largest absolute Gasteiger partial charge is 0.493 e. The Hall–Kier alpha value is -1.51. The Balaban J connectivity index is 0.00000676. The molecule has 0 bridgehead atoms. The van der Waals surface area contributed by atoms with E-state index in [2.05, 4.69) is 59.9 Å². The molecule has 0 atom stereocenters. The number of carbonyl (C=O) groups is 1. The molecule has 0 radical (unpaired) electrons. The molecule has 0 saturated carbocycles. The number of hydrogen-bond donors (Lipinski definition) is 3. The molecular weight excluding hydrogens is 455 g/mol. The molecule has 0 heterocycles. The van der Waals surface area contributed by atoms with Gasteiger partial charge in [0.05, 0.1) is 13.2 Å². The summed E-state index contributed by atoms with van der Waals surface area (Å²) in [7, 11) is 0. The first-order chi connectivity index (χ1) is 12.4. The van der Waals surface area contributed by atoms with Crippen LogP contribution in [0.25, 0.3) is 0 Å². The van der Waals surface area contributed by atoms with Crippen molar-refractivity contribution >= 4 is 35.8 Å². The van der Waals surface area contributed by atoms with Crippen LogP contribution >= 0.6 is 24.0 Å². The number of benzene rings is 1. The minimum Gasteiger partial charge on any atom is -0.493 e. The number of hydrogen-bond acceptors (Lipinski definition) is 3. The average molecular weight is 490 g/mol. The first-order valence-corrected chi connectivity index (χ1v) is 9.41. The van der Waals surface area contributed by atoms with Gasteiger partial charge in [0.15, 0.2) is 5.96 Å². The third-order valence-electron chi connectivity index (χ3n) is 3.72. The molecule has 0 aliphatic heterocycles. The van der Waals surface area contributed by atoms with E-state index < -0.39 is 0 Å². The minimum absolute atomic E-state index is 0. The maximum atomic E-state index is 10.9. The van der Waals surface area contributed by atoms with Crippen LogP contribution in [0.3, 0.4) is 0 Å². The van der Waals surface area contributed by atoms with Crippen LogP contribution in [0.2, 0.25) is 0 Å². The third kappa shape index (κ3) is 11.7. The van der Waals surface area contributed by atoms with E-state index in [0.29, 0.717) is 32.2 Å². The molecule has 27 heavy (non-hydrogen) atoms. The summed E-state index contributed by atoms with van der Waals surface area (Å²) in [6.07, 6.45) is 1.03. The fraction of sp³-hybridized carbons (Fsp3) is 0.600. The van der Waals surface area contributed by atoms with E-state index in [0.717, 1.165) is 30.2 Å². The molecule has 1 aromatic rings. The molecule has 3 N–H and O–H groups in total. The van der Waals surface area contributed by atoms with Gasteiger partial charge in [0.1, 0.15) is 5.75 Å². The number of carbonyl (C=O) groups excluding carboxylic acids is 1. The summed E-state index contributed by atoms with van der Waals surface area (Å²) in [5, 5.41) is 9.19. The van der Waals surface area contributed by atoms with E-state index in [4.69, 9.17) is 4.74 Å². The lowest BCUT2D eigenvalue weighted by Crippen LogP contribution is -2.41. The van der Waals surface area contributed by atoms with Gasteiger partial charge in [-0.15, -0.1) is 24.0 Å². The molecule has 1 amide bonds. The quantitative estimate of drug-likeness (QED) is 0.204. The van der Waals surface area contributed by atoms with Crippen LogP contribution < -0.4 is 20.7 Å². The number of amides is 1. The average Bonchev–Trinajstić information content (AvgIpc) is 2.57. The predicted molar refractivity (Wildman–Crippen MR) is 123 cm³/mol. The normalized spacial score (nSPS) is 11.0. The van der Waals surface area contributed by atoms with Crippen molar-refractivity contribution in [2.45, 2.75) is 47.6 Å². The Morgan fingerprint density at radius 3 is 2.52 bits per heavy atom. The number of nitrogens with one attached hydrogen (secondary N) is 3. The van der Waals surface area contributed by atoms with Gasteiger partial charge in [-0.2, -0.15) is 0 Å². The molecule has 6 nitrogen and oxygen atoms in total. The van der Waals surface area contributed by atoms with Crippen molar-refractivity contribution in [2.75, 3.05) is 26.2 Å². The summed E-state index contributed by atoms with van der Waals surface area (Å²) < 4.78 is 5.99. The van der Waals surface area contributed by atoms with Crippen molar-refractivity contribution < 1.29 is 9.53 Å². The lowest BCUT2D eigenvalue weighted by atomic mass is 10.1. The summed E-state index contributed by atoms with van der Waals surface area (Å²) >= 11 is 0. The van der Waals surface area contributed by atoms with Crippen LogP contribution in [0.4, 0.5) is 0 Å². The Morgan fingerprint density at radius 2 is 1.89 bits per heavy atom. The van der Waals surface area contributed by atoms with Gasteiger partial charge in [0, 0.05) is 32.1 Å². The Bertz CT molecular complexity index is 591. The van der Waals surface area contributed by atoms with Crippen molar-refractivity contribution in [3.8, 4) is 5.75 Å². The van der Waals surface area contributed by atoms with Crippen molar-refractivity contribution in [3.63, 3.8) is 0 Å². The van der Waals surface area contributed by atoms with E-state index in [9.17, 15) is 4.79 Å². The van der Waals surface area contributed by atoms with E-state index in [1.165, 1.54) is 12.5 Å². The van der Waals surface area contributed by atoms with Crippen molar-refractivity contribution in [1.29, 1.82) is 0 Å². The molecule has 0 unspecified atom stereocenters. The molecule has 0 aliphatic carbocycles. The van der Waals surface area contributed by atoms with Crippen molar-refractivity contribution in [2.24, 2.45) is 10.9 Å². The van der Waals surface area contributed by atoms with Crippen molar-refractivity contribution in [3.05, 3.63) is 29.3 Å². The van der Waals surface area contributed by atoms with Crippen LogP contribution in [0.1, 0.15) is 45.2 Å². The smallest absolute Gasteiger partial charge is 0.216 e. The van der Waals surface area contributed by atoms with Gasteiger partial charge >= 0.3 is 0 Å². The first-order valence-electron chi connectivity index (χ1n) is 9.41. The second kappa shape index (κ2) is 14.5. The lowest BCUT2D eigenvalue weighted by molar-refractivity contribution is -0.118. The first kappa shape index (κ1) is 25.5. The fourth-order valence-corrected chi connectivity index (χ4v) is 2.26. The van der Waals surface area contributed by atoms with Gasteiger partial charge in [0.25, 0.3) is 0 Å². The topological polar surface area (TPSA) is 74.8 Å². The van der Waals surface area contributed by atoms with Gasteiger partial charge in [0.2, 0.25) is 5.91 Å². The van der Waals surface area contributed by atoms with Crippen LogP contribution in [0.15, 0.2) is 23.2 Å². The SMILES string of the molecule is CCNC(=NCc1ccc(C)cc1OCCC(C)C)NCCNC(C)=O.I. The highest BCUT2D eigenvalue weighted by Crippen LogP contribution is 2.22. The predicted octanol–water partition coefficient (Wildman–Crippen LogP) is 3.23. The van der Waals surface area contributed by atoms with Crippen molar-refractivity contribution in [1.82, 2.24) is 16.0 Å². The number of ether oxygens (including phenoxy) is 1. The number of aryl methyl sites for hydroxylation is 1. The number of nitrogens with zero attached hydrogens (tertiary/aromatic N) is 1. The lowest BCUT2D eigenvalue weighted by Gasteiger charge is -2.14. The number of guanidine groups is 1. The van der Waals surface area contributed by atoms with Crippen LogP contribution in [0.5, 0.6) is 5.75 Å². The summed E-state index contributed by atoms with van der Waals surface area (Å²) in [4.78, 5) is 15.6. The highest BCUT2D eigenvalue weighted by molar-refractivity contribution is 14.0. The molecular formula is C20H35IN4O2. The van der Waals surface area contributed by atoms with Gasteiger partial charge < -0.3 is 20.7 Å². The molecule has 0 fully saturated rings. The molecule has 0 aromatic heterocycles. The van der Waals surface area contributed by atoms with E-state index in [-0.39, 0.29) is 29.9 Å². The molecule has 154 valence electrons. The molecule has 1 rings (SSSR count).